The van der Waals surface area contributed by atoms with Crippen LogP contribution in [0.15, 0.2) is 132 Å². The van der Waals surface area contributed by atoms with Crippen LogP contribution in [-0.2, 0) is 13.1 Å². The fourth-order valence-electron chi connectivity index (χ4n) is 7.33. The van der Waals surface area contributed by atoms with Gasteiger partial charge in [0.25, 0.3) is 0 Å². The monoisotopic (exact) mass is 826 g/mol. The first kappa shape index (κ1) is 38.7. The molecule has 0 radical (unpaired) electrons. The summed E-state index contributed by atoms with van der Waals surface area (Å²) in [6, 6.07) is 25.8. The number of nitrogens with one attached hydrogen (secondary N) is 4. The number of H-pyrrole nitrogens is 2. The Bertz CT molecular complexity index is 3360. The van der Waals surface area contributed by atoms with Crippen LogP contribution < -0.4 is 42.4 Å². The van der Waals surface area contributed by atoms with Crippen LogP contribution in [0.4, 0.5) is 23.8 Å². The summed E-state index contributed by atoms with van der Waals surface area (Å²) in [6.07, 6.45) is 9.76. The number of anilines is 4. The first-order valence-corrected chi connectivity index (χ1v) is 19.2. The van der Waals surface area contributed by atoms with Crippen LogP contribution in [0.2, 0.25) is 0 Å². The minimum Gasteiger partial charge on any atom is -0.497 e. The van der Waals surface area contributed by atoms with Gasteiger partial charge in [0.05, 0.1) is 47.4 Å². The number of hydrogen-bond donors (Lipinski definition) is 6. The molecule has 0 amide bonds. The van der Waals surface area contributed by atoms with Crippen molar-refractivity contribution in [3.63, 3.8) is 0 Å². The maximum Gasteiger partial charge on any atom is 0.223 e. The van der Waals surface area contributed by atoms with Gasteiger partial charge in [-0.15, -0.1) is 0 Å². The van der Waals surface area contributed by atoms with Crippen molar-refractivity contribution in [1.82, 2.24) is 48.7 Å². The van der Waals surface area contributed by atoms with Gasteiger partial charge in [-0.2, -0.15) is 0 Å². The number of nitrogen functional groups attached to an aromatic ring is 2. The number of hydrogen-bond acceptors (Lipinski definition) is 14. The molecule has 18 nitrogen and oxygen atoms in total. The number of fused-ring (bicyclic) bond motifs is 6. The minimum atomic E-state index is -0.135. The van der Waals surface area contributed by atoms with E-state index in [2.05, 4.69) is 45.5 Å². The van der Waals surface area contributed by atoms with Crippen LogP contribution in [0.5, 0.6) is 11.5 Å². The molecule has 0 bridgehead atoms. The summed E-state index contributed by atoms with van der Waals surface area (Å²) in [7, 11) is 3.29. The van der Waals surface area contributed by atoms with Crippen molar-refractivity contribution in [3.8, 4) is 34.0 Å². The Morgan fingerprint density at radius 3 is 1.69 bits per heavy atom. The lowest BCUT2D eigenvalue weighted by Crippen LogP contribution is -2.07. The molecule has 8 heterocycles. The van der Waals surface area contributed by atoms with E-state index in [-0.39, 0.29) is 22.8 Å². The van der Waals surface area contributed by atoms with Gasteiger partial charge in [0.1, 0.15) is 22.8 Å². The van der Waals surface area contributed by atoms with E-state index in [9.17, 15) is 9.59 Å². The summed E-state index contributed by atoms with van der Waals surface area (Å²) in [5.74, 6) is 3.06. The number of aromatic nitrogens is 10. The average molecular weight is 827 g/mol. The quantitative estimate of drug-likeness (QED) is 0.0973. The Labute approximate surface area is 351 Å². The SMILES string of the molecule is COc1ccc(CNc2nccc(-c3c4c(=O)cc[nH]c4n4c(NCc5ccc(OC)cc5)nccc34)n2)cc1.Nc1nccc(-c2c3c(=O)cc[nH]c3n3c(N)nccc23)n1. The van der Waals surface area contributed by atoms with Crippen LogP contribution in [0.25, 0.3) is 55.6 Å². The summed E-state index contributed by atoms with van der Waals surface area (Å²) in [5, 5.41) is 7.71. The summed E-state index contributed by atoms with van der Waals surface area (Å²) >= 11 is 0. The Morgan fingerprint density at radius 1 is 0.581 bits per heavy atom. The molecule has 0 saturated heterocycles. The fourth-order valence-corrected chi connectivity index (χ4v) is 7.33. The Kier molecular flexibility index (Phi) is 10.3. The van der Waals surface area contributed by atoms with E-state index in [1.165, 1.54) is 12.1 Å². The number of benzene rings is 2. The van der Waals surface area contributed by atoms with Gasteiger partial charge >= 0.3 is 0 Å². The molecule has 0 atom stereocenters. The smallest absolute Gasteiger partial charge is 0.223 e. The van der Waals surface area contributed by atoms with Gasteiger partial charge in [-0.3, -0.25) is 18.4 Å². The molecule has 2 aromatic carbocycles. The van der Waals surface area contributed by atoms with Gasteiger partial charge < -0.3 is 41.5 Å². The van der Waals surface area contributed by atoms with Crippen molar-refractivity contribution in [2.24, 2.45) is 0 Å². The molecule has 8 N–H and O–H groups in total. The number of pyridine rings is 2. The number of ether oxygens (including phenoxy) is 2. The van der Waals surface area contributed by atoms with E-state index in [1.807, 2.05) is 65.1 Å². The van der Waals surface area contributed by atoms with Crippen molar-refractivity contribution in [2.45, 2.75) is 13.1 Å². The zero-order valence-electron chi connectivity index (χ0n) is 33.3. The van der Waals surface area contributed by atoms with Crippen LogP contribution in [0.1, 0.15) is 11.1 Å². The summed E-state index contributed by atoms with van der Waals surface area (Å²) in [6.45, 7) is 1.07. The highest BCUT2D eigenvalue weighted by molar-refractivity contribution is 6.05. The van der Waals surface area contributed by atoms with Crippen molar-refractivity contribution in [1.29, 1.82) is 0 Å². The molecular formula is C44H38N14O4. The van der Waals surface area contributed by atoms with Gasteiger partial charge in [-0.05, 0) is 59.7 Å². The molecule has 62 heavy (non-hydrogen) atoms. The number of aromatic amines is 2. The topological polar surface area (TPSA) is 246 Å². The third kappa shape index (κ3) is 7.27. The molecular weight excluding hydrogens is 789 g/mol. The Morgan fingerprint density at radius 2 is 1.10 bits per heavy atom. The lowest BCUT2D eigenvalue weighted by molar-refractivity contribution is 0.414. The standard InChI is InChI=1S/C30H27N7O3.C14H11N7O/c1-39-21-7-3-19(4-8-21)17-34-29-32-14-11-23(36-29)26-24-12-15-33-30(35-18-20-5-9-22(40-2)10-6-20)37(24)28-27(26)25(38)13-16-31-28;15-13-18-4-1-7(20-13)10-8-2-5-19-14(16)21(8)12-11(10)9(22)3-6-17-12/h3-16H,17-18H2,1-2H3,(H,31,38)(H,33,35)(H,32,34,36);1-6H,(H2,16,19)(H,17,22)(H2,15,18,20). The lowest BCUT2D eigenvalue weighted by atomic mass is 10.1. The van der Waals surface area contributed by atoms with Gasteiger partial charge in [0.2, 0.25) is 23.8 Å². The van der Waals surface area contributed by atoms with E-state index in [0.29, 0.717) is 69.6 Å². The van der Waals surface area contributed by atoms with Gasteiger partial charge in [0, 0.05) is 73.5 Å². The predicted octanol–water partition coefficient (Wildman–Crippen LogP) is 5.67. The second-order valence-electron chi connectivity index (χ2n) is 13.9. The van der Waals surface area contributed by atoms with Gasteiger partial charge in [-0.25, -0.2) is 29.9 Å². The number of nitrogens with zero attached hydrogens (tertiary/aromatic N) is 8. The van der Waals surface area contributed by atoms with E-state index < -0.39 is 0 Å². The number of methoxy groups -OCH3 is 2. The molecule has 0 aliphatic rings. The molecule has 10 rings (SSSR count). The predicted molar refractivity (Wildman–Crippen MR) is 238 cm³/mol. The second-order valence-corrected chi connectivity index (χ2v) is 13.9. The van der Waals surface area contributed by atoms with Crippen LogP contribution in [0, 0.1) is 0 Å². The average Bonchev–Trinajstić information content (AvgIpc) is 3.84. The number of nitrogens with two attached hydrogens (primary N) is 2. The normalized spacial score (nSPS) is 11.1. The highest BCUT2D eigenvalue weighted by atomic mass is 16.5. The van der Waals surface area contributed by atoms with E-state index >= 15 is 0 Å². The molecule has 10 aromatic rings. The zero-order valence-corrected chi connectivity index (χ0v) is 33.3. The van der Waals surface area contributed by atoms with Gasteiger partial charge in [0.15, 0.2) is 10.9 Å². The Balaban J connectivity index is 0.000000187. The molecule has 18 heteroatoms. The maximum absolute atomic E-state index is 13.2. The lowest BCUT2D eigenvalue weighted by Gasteiger charge is -2.10. The van der Waals surface area contributed by atoms with Crippen molar-refractivity contribution >= 4 is 56.9 Å². The molecule has 0 unspecified atom stereocenters. The number of rotatable bonds is 10. The first-order valence-electron chi connectivity index (χ1n) is 19.2. The first-order chi connectivity index (χ1) is 30.3. The van der Waals surface area contributed by atoms with E-state index in [0.717, 1.165) is 33.7 Å². The minimum absolute atomic E-state index is 0.111. The third-order valence-corrected chi connectivity index (χ3v) is 10.2. The third-order valence-electron chi connectivity index (χ3n) is 10.2. The molecule has 0 aliphatic heterocycles. The molecule has 8 aromatic heterocycles. The molecule has 0 aliphatic carbocycles. The van der Waals surface area contributed by atoms with E-state index in [4.69, 9.17) is 25.9 Å². The van der Waals surface area contributed by atoms with Crippen molar-refractivity contribution in [2.75, 3.05) is 36.3 Å². The molecule has 0 fully saturated rings. The fraction of sp³-hybridized carbons (Fsp3) is 0.0909. The Hall–Kier alpha value is -8.80. The van der Waals surface area contributed by atoms with Gasteiger partial charge in [-0.1, -0.05) is 24.3 Å². The molecule has 0 saturated carbocycles. The van der Waals surface area contributed by atoms with Crippen LogP contribution in [-0.4, -0.2) is 62.9 Å². The summed E-state index contributed by atoms with van der Waals surface area (Å²) in [4.78, 5) is 57.8. The highest BCUT2D eigenvalue weighted by Gasteiger charge is 2.21. The summed E-state index contributed by atoms with van der Waals surface area (Å²) < 4.78 is 14.1. The van der Waals surface area contributed by atoms with Crippen LogP contribution in [0.3, 0.4) is 0 Å². The largest absolute Gasteiger partial charge is 0.497 e. The highest BCUT2D eigenvalue weighted by Crippen LogP contribution is 2.34. The van der Waals surface area contributed by atoms with E-state index in [1.54, 1.807) is 67.9 Å². The molecule has 308 valence electrons. The van der Waals surface area contributed by atoms with Crippen molar-refractivity contribution < 1.29 is 9.47 Å². The van der Waals surface area contributed by atoms with Crippen molar-refractivity contribution in [3.05, 3.63) is 154 Å². The molecule has 0 spiro atoms. The zero-order chi connectivity index (χ0) is 42.7. The van der Waals surface area contributed by atoms with Crippen LogP contribution >= 0.6 is 0 Å². The summed E-state index contributed by atoms with van der Waals surface area (Å²) in [5.41, 5.74) is 18.8. The second kappa shape index (κ2) is 16.5. The maximum atomic E-state index is 13.2.